The Morgan fingerprint density at radius 2 is 2.07 bits per heavy atom. The molecule has 0 aliphatic heterocycles. The van der Waals surface area contributed by atoms with Gasteiger partial charge in [-0.25, -0.2) is 0 Å². The smallest absolute Gasteiger partial charge is 0.319 e. The fourth-order valence-electron chi connectivity index (χ4n) is 2.26. The van der Waals surface area contributed by atoms with Crippen LogP contribution in [0.5, 0.6) is 0 Å². The van der Waals surface area contributed by atoms with Gasteiger partial charge in [0, 0.05) is 6.42 Å². The molecule has 0 aromatic rings. The minimum absolute atomic E-state index is 0.0715. The Labute approximate surface area is 91.2 Å². The Hall–Kier alpha value is -0.860. The monoisotopic (exact) mass is 212 g/mol. The lowest BCUT2D eigenvalue weighted by molar-refractivity contribution is -0.172. The number of rotatable bonds is 5. The summed E-state index contributed by atoms with van der Waals surface area (Å²) in [7, 11) is 0. The molecule has 0 heterocycles. The number of ether oxygens (including phenoxy) is 1. The van der Waals surface area contributed by atoms with Gasteiger partial charge in [0.05, 0.1) is 6.61 Å². The molecule has 0 aromatic heterocycles. The lowest BCUT2D eigenvalue weighted by atomic mass is 9.58. The maximum atomic E-state index is 12.0. The number of Topliss-reactive ketones (excluding diaryl/α,β-unsaturated/α-hetero) is 1. The Morgan fingerprint density at radius 3 is 2.40 bits per heavy atom. The average molecular weight is 212 g/mol. The summed E-state index contributed by atoms with van der Waals surface area (Å²) in [5, 5.41) is 0. The van der Waals surface area contributed by atoms with Gasteiger partial charge in [0.15, 0.2) is 0 Å². The third-order valence-corrected chi connectivity index (χ3v) is 3.43. The highest BCUT2D eigenvalue weighted by atomic mass is 16.5. The Kier molecular flexibility index (Phi) is 3.89. The molecule has 2 atom stereocenters. The van der Waals surface area contributed by atoms with E-state index in [0.717, 1.165) is 12.8 Å². The van der Waals surface area contributed by atoms with Crippen molar-refractivity contribution in [3.63, 3.8) is 0 Å². The molecule has 0 N–H and O–H groups in total. The molecule has 2 unspecified atom stereocenters. The summed E-state index contributed by atoms with van der Waals surface area (Å²) in [6.07, 6.45) is 2.91. The van der Waals surface area contributed by atoms with E-state index in [4.69, 9.17) is 4.74 Å². The van der Waals surface area contributed by atoms with Gasteiger partial charge >= 0.3 is 5.97 Å². The molecule has 15 heavy (non-hydrogen) atoms. The summed E-state index contributed by atoms with van der Waals surface area (Å²) >= 11 is 0. The molecular formula is C12H20O3. The first-order valence-corrected chi connectivity index (χ1v) is 5.80. The molecule has 0 radical (unpaired) electrons. The third-order valence-electron chi connectivity index (χ3n) is 3.43. The van der Waals surface area contributed by atoms with E-state index in [1.54, 1.807) is 6.92 Å². The molecule has 0 bridgehead atoms. The predicted molar refractivity (Wildman–Crippen MR) is 57.4 cm³/mol. The van der Waals surface area contributed by atoms with E-state index in [9.17, 15) is 9.59 Å². The quantitative estimate of drug-likeness (QED) is 0.519. The van der Waals surface area contributed by atoms with Gasteiger partial charge < -0.3 is 4.74 Å². The zero-order valence-electron chi connectivity index (χ0n) is 9.84. The van der Waals surface area contributed by atoms with E-state index in [0.29, 0.717) is 19.4 Å². The van der Waals surface area contributed by atoms with Crippen molar-refractivity contribution in [2.75, 3.05) is 6.61 Å². The molecule has 3 heteroatoms. The number of esters is 1. The molecule has 0 spiro atoms. The van der Waals surface area contributed by atoms with Crippen LogP contribution in [0.1, 0.15) is 46.5 Å². The first kappa shape index (κ1) is 12.2. The van der Waals surface area contributed by atoms with Crippen LogP contribution in [0.4, 0.5) is 0 Å². The van der Waals surface area contributed by atoms with E-state index in [2.05, 4.69) is 0 Å². The second-order valence-electron chi connectivity index (χ2n) is 4.30. The van der Waals surface area contributed by atoms with Crippen LogP contribution < -0.4 is 0 Å². The molecule has 86 valence electrons. The molecule has 1 rings (SSSR count). The van der Waals surface area contributed by atoms with Crippen molar-refractivity contribution in [3.05, 3.63) is 0 Å². The van der Waals surface area contributed by atoms with E-state index in [1.165, 1.54) is 0 Å². The van der Waals surface area contributed by atoms with Gasteiger partial charge in [-0.2, -0.15) is 0 Å². The standard InChI is InChI=1S/C12H20O3/c1-4-6-10(13)12(8-7-9(12)3)11(14)15-5-2/h9H,4-8H2,1-3H3. The van der Waals surface area contributed by atoms with Gasteiger partial charge in [-0.15, -0.1) is 0 Å². The molecule has 0 amide bonds. The Balaban J connectivity index is 2.79. The minimum Gasteiger partial charge on any atom is -0.465 e. The van der Waals surface area contributed by atoms with E-state index < -0.39 is 5.41 Å². The van der Waals surface area contributed by atoms with Crippen LogP contribution >= 0.6 is 0 Å². The van der Waals surface area contributed by atoms with Crippen molar-refractivity contribution >= 4 is 11.8 Å². The van der Waals surface area contributed by atoms with Crippen molar-refractivity contribution in [2.45, 2.75) is 46.5 Å². The molecule has 0 aromatic carbocycles. The van der Waals surface area contributed by atoms with Gasteiger partial charge in [0.1, 0.15) is 11.2 Å². The lowest BCUT2D eigenvalue weighted by Gasteiger charge is -2.44. The number of ketones is 1. The van der Waals surface area contributed by atoms with Crippen LogP contribution in [-0.4, -0.2) is 18.4 Å². The molecule has 3 nitrogen and oxygen atoms in total. The fourth-order valence-corrected chi connectivity index (χ4v) is 2.26. The minimum atomic E-state index is -0.800. The molecular weight excluding hydrogens is 192 g/mol. The van der Waals surface area contributed by atoms with Crippen LogP contribution in [0.2, 0.25) is 0 Å². The van der Waals surface area contributed by atoms with Crippen LogP contribution in [-0.2, 0) is 14.3 Å². The lowest BCUT2D eigenvalue weighted by Crippen LogP contribution is -2.52. The Bertz CT molecular complexity index is 240. The number of hydrogen-bond donors (Lipinski definition) is 0. The van der Waals surface area contributed by atoms with Crippen LogP contribution in [0, 0.1) is 11.3 Å². The van der Waals surface area contributed by atoms with Gasteiger partial charge in [-0.05, 0) is 32.1 Å². The number of hydrogen-bond acceptors (Lipinski definition) is 3. The largest absolute Gasteiger partial charge is 0.465 e. The zero-order chi connectivity index (χ0) is 11.5. The number of carbonyl (C=O) groups excluding carboxylic acids is 2. The number of carbonyl (C=O) groups is 2. The first-order chi connectivity index (χ1) is 7.09. The predicted octanol–water partition coefficient (Wildman–Crippen LogP) is 2.33. The maximum absolute atomic E-state index is 12.0. The van der Waals surface area contributed by atoms with Crippen molar-refractivity contribution in [1.82, 2.24) is 0 Å². The van der Waals surface area contributed by atoms with Crippen molar-refractivity contribution in [3.8, 4) is 0 Å². The summed E-state index contributed by atoms with van der Waals surface area (Å²) in [5.74, 6) is -0.0833. The van der Waals surface area contributed by atoms with Gasteiger partial charge in [0.2, 0.25) is 0 Å². The topological polar surface area (TPSA) is 43.4 Å². The molecule has 1 aliphatic rings. The summed E-state index contributed by atoms with van der Waals surface area (Å²) in [5.41, 5.74) is -0.800. The van der Waals surface area contributed by atoms with Crippen LogP contribution in [0.3, 0.4) is 0 Å². The van der Waals surface area contributed by atoms with Crippen LogP contribution in [0.15, 0.2) is 0 Å². The second-order valence-corrected chi connectivity index (χ2v) is 4.30. The van der Waals surface area contributed by atoms with Crippen molar-refractivity contribution < 1.29 is 14.3 Å². The summed E-state index contributed by atoms with van der Waals surface area (Å²) in [4.78, 5) is 23.8. The second kappa shape index (κ2) is 4.77. The Morgan fingerprint density at radius 1 is 1.40 bits per heavy atom. The highest BCUT2D eigenvalue weighted by Crippen LogP contribution is 2.49. The van der Waals surface area contributed by atoms with E-state index in [1.807, 2.05) is 13.8 Å². The zero-order valence-corrected chi connectivity index (χ0v) is 9.84. The van der Waals surface area contributed by atoms with E-state index >= 15 is 0 Å². The molecule has 1 fully saturated rings. The van der Waals surface area contributed by atoms with Gasteiger partial charge in [-0.3, -0.25) is 9.59 Å². The van der Waals surface area contributed by atoms with E-state index in [-0.39, 0.29) is 17.7 Å². The SMILES string of the molecule is CCCC(=O)C1(C(=O)OCC)CCC1C. The highest BCUT2D eigenvalue weighted by molar-refractivity contribution is 6.05. The van der Waals surface area contributed by atoms with Crippen molar-refractivity contribution in [1.29, 1.82) is 0 Å². The molecule has 1 aliphatic carbocycles. The van der Waals surface area contributed by atoms with Gasteiger partial charge in [0.25, 0.3) is 0 Å². The maximum Gasteiger partial charge on any atom is 0.319 e. The normalized spacial score (nSPS) is 29.4. The fraction of sp³-hybridized carbons (Fsp3) is 0.833. The summed E-state index contributed by atoms with van der Waals surface area (Å²) in [6.45, 7) is 6.06. The third kappa shape index (κ3) is 1.92. The molecule has 1 saturated carbocycles. The van der Waals surface area contributed by atoms with Crippen LogP contribution in [0.25, 0.3) is 0 Å². The first-order valence-electron chi connectivity index (χ1n) is 5.80. The average Bonchev–Trinajstić information content (AvgIpc) is 2.17. The highest BCUT2D eigenvalue weighted by Gasteiger charge is 2.56. The van der Waals surface area contributed by atoms with Gasteiger partial charge in [-0.1, -0.05) is 13.8 Å². The van der Waals surface area contributed by atoms with Crippen molar-refractivity contribution in [2.24, 2.45) is 11.3 Å². The summed E-state index contributed by atoms with van der Waals surface area (Å²) in [6, 6.07) is 0. The molecule has 0 saturated heterocycles. The summed E-state index contributed by atoms with van der Waals surface area (Å²) < 4.78 is 5.03.